The van der Waals surface area contributed by atoms with E-state index in [1.165, 1.54) is 5.56 Å². The number of fused-ring (bicyclic) bond motifs is 1. The molecule has 0 amide bonds. The highest BCUT2D eigenvalue weighted by Gasteiger charge is 2.22. The number of nitrogens with one attached hydrogen (secondary N) is 1. The molecule has 1 aromatic carbocycles. The Hall–Kier alpha value is -1.88. The second-order valence-corrected chi connectivity index (χ2v) is 5.11. The fraction of sp³-hybridized carbons (Fsp3) is 0.467. The maximum absolute atomic E-state index is 5.91. The minimum atomic E-state index is 0.158. The van der Waals surface area contributed by atoms with Crippen molar-refractivity contribution in [2.24, 2.45) is 0 Å². The summed E-state index contributed by atoms with van der Waals surface area (Å²) in [6.07, 6.45) is 4.01. The number of hydrogen-bond acceptors (Lipinski definition) is 4. The lowest BCUT2D eigenvalue weighted by Gasteiger charge is -2.09. The molecule has 1 atom stereocenters. The molecule has 0 saturated carbocycles. The maximum atomic E-state index is 5.91. The fourth-order valence-electron chi connectivity index (χ4n) is 2.44. The molecule has 20 heavy (non-hydrogen) atoms. The zero-order valence-electron chi connectivity index (χ0n) is 11.7. The fourth-order valence-corrected chi connectivity index (χ4v) is 2.44. The highest BCUT2D eigenvalue weighted by atomic mass is 16.5. The topological polar surface area (TPSA) is 52.0 Å². The molecule has 0 spiro atoms. The molecule has 1 aromatic heterocycles. The summed E-state index contributed by atoms with van der Waals surface area (Å²) in [5.41, 5.74) is 1.28. The Labute approximate surface area is 119 Å². The SMILES string of the molecule is CCCNCc1ncn(CC2Cc3ccccc3O2)n1. The van der Waals surface area contributed by atoms with Crippen molar-refractivity contribution < 1.29 is 4.74 Å². The summed E-state index contributed by atoms with van der Waals surface area (Å²) >= 11 is 0. The van der Waals surface area contributed by atoms with Gasteiger partial charge in [0.05, 0.1) is 13.1 Å². The average molecular weight is 272 g/mol. The second kappa shape index (κ2) is 6.05. The average Bonchev–Trinajstić information content (AvgIpc) is 3.05. The van der Waals surface area contributed by atoms with E-state index in [4.69, 9.17) is 4.74 Å². The van der Waals surface area contributed by atoms with E-state index in [9.17, 15) is 0 Å². The van der Waals surface area contributed by atoms with Crippen molar-refractivity contribution in [2.75, 3.05) is 6.54 Å². The van der Waals surface area contributed by atoms with Crippen molar-refractivity contribution in [1.82, 2.24) is 20.1 Å². The van der Waals surface area contributed by atoms with Crippen molar-refractivity contribution in [2.45, 2.75) is 39.0 Å². The summed E-state index contributed by atoms with van der Waals surface area (Å²) in [4.78, 5) is 4.31. The van der Waals surface area contributed by atoms with Gasteiger partial charge in [-0.3, -0.25) is 0 Å². The zero-order valence-corrected chi connectivity index (χ0v) is 11.7. The predicted molar refractivity (Wildman–Crippen MR) is 76.6 cm³/mol. The lowest BCUT2D eigenvalue weighted by Crippen LogP contribution is -2.21. The molecule has 2 heterocycles. The van der Waals surface area contributed by atoms with E-state index in [0.717, 1.165) is 44.0 Å². The van der Waals surface area contributed by atoms with Crippen LogP contribution in [0.1, 0.15) is 24.7 Å². The van der Waals surface area contributed by atoms with E-state index < -0.39 is 0 Å². The molecule has 1 N–H and O–H groups in total. The quantitative estimate of drug-likeness (QED) is 0.814. The van der Waals surface area contributed by atoms with Crippen LogP contribution in [-0.2, 0) is 19.5 Å². The molecule has 5 nitrogen and oxygen atoms in total. The van der Waals surface area contributed by atoms with E-state index in [1.807, 2.05) is 16.8 Å². The molecule has 0 aliphatic carbocycles. The summed E-state index contributed by atoms with van der Waals surface area (Å²) in [5.74, 6) is 1.84. The number of benzene rings is 1. The first-order chi connectivity index (χ1) is 9.85. The van der Waals surface area contributed by atoms with E-state index in [-0.39, 0.29) is 6.10 Å². The lowest BCUT2D eigenvalue weighted by atomic mass is 10.1. The summed E-state index contributed by atoms with van der Waals surface area (Å²) < 4.78 is 7.79. The number of aromatic nitrogens is 3. The van der Waals surface area contributed by atoms with Gasteiger partial charge >= 0.3 is 0 Å². The van der Waals surface area contributed by atoms with Crippen LogP contribution in [0, 0.1) is 0 Å². The smallest absolute Gasteiger partial charge is 0.164 e. The van der Waals surface area contributed by atoms with Gasteiger partial charge in [-0.25, -0.2) is 9.67 Å². The van der Waals surface area contributed by atoms with Crippen molar-refractivity contribution in [3.63, 3.8) is 0 Å². The second-order valence-electron chi connectivity index (χ2n) is 5.11. The van der Waals surface area contributed by atoms with Gasteiger partial charge in [-0.05, 0) is 24.6 Å². The summed E-state index contributed by atoms with van der Waals surface area (Å²) in [7, 11) is 0. The third kappa shape index (κ3) is 2.99. The minimum absolute atomic E-state index is 0.158. The van der Waals surface area contributed by atoms with Crippen molar-refractivity contribution in [3.8, 4) is 5.75 Å². The molecule has 5 heteroatoms. The van der Waals surface area contributed by atoms with Crippen LogP contribution in [0.25, 0.3) is 0 Å². The zero-order chi connectivity index (χ0) is 13.8. The molecule has 1 unspecified atom stereocenters. The van der Waals surface area contributed by atoms with Crippen LogP contribution in [0.3, 0.4) is 0 Å². The normalized spacial score (nSPS) is 16.9. The Bertz CT molecular complexity index is 542. The van der Waals surface area contributed by atoms with Gasteiger partial charge in [-0.1, -0.05) is 25.1 Å². The van der Waals surface area contributed by atoms with E-state index in [2.05, 4.69) is 34.5 Å². The van der Waals surface area contributed by atoms with Gasteiger partial charge in [0.2, 0.25) is 0 Å². The number of rotatable bonds is 6. The van der Waals surface area contributed by atoms with E-state index in [1.54, 1.807) is 6.33 Å². The van der Waals surface area contributed by atoms with Gasteiger partial charge in [0.25, 0.3) is 0 Å². The van der Waals surface area contributed by atoms with Gasteiger partial charge in [0.1, 0.15) is 18.2 Å². The summed E-state index contributed by atoms with van der Waals surface area (Å²) in [6, 6.07) is 8.21. The Balaban J connectivity index is 1.55. The molecular formula is C15H20N4O. The van der Waals surface area contributed by atoms with Crippen molar-refractivity contribution >= 4 is 0 Å². The summed E-state index contributed by atoms with van der Waals surface area (Å²) in [6.45, 7) is 4.62. The highest BCUT2D eigenvalue weighted by molar-refractivity contribution is 5.37. The molecule has 0 saturated heterocycles. The first kappa shape index (κ1) is 13.1. The molecule has 106 valence electrons. The molecular weight excluding hydrogens is 252 g/mol. The van der Waals surface area contributed by atoms with Crippen LogP contribution < -0.4 is 10.1 Å². The molecule has 1 aliphatic rings. The van der Waals surface area contributed by atoms with Crippen molar-refractivity contribution in [1.29, 1.82) is 0 Å². The van der Waals surface area contributed by atoms with Gasteiger partial charge < -0.3 is 10.1 Å². The molecule has 0 radical (unpaired) electrons. The third-order valence-corrected chi connectivity index (χ3v) is 3.40. The Kier molecular flexibility index (Phi) is 3.97. The number of para-hydroxylation sites is 1. The first-order valence-corrected chi connectivity index (χ1v) is 7.18. The number of nitrogens with zero attached hydrogens (tertiary/aromatic N) is 3. The van der Waals surface area contributed by atoms with E-state index in [0.29, 0.717) is 0 Å². The minimum Gasteiger partial charge on any atom is -0.488 e. The lowest BCUT2D eigenvalue weighted by molar-refractivity contribution is 0.203. The monoisotopic (exact) mass is 272 g/mol. The molecule has 1 aliphatic heterocycles. The van der Waals surface area contributed by atoms with Crippen LogP contribution in [0.15, 0.2) is 30.6 Å². The predicted octanol–water partition coefficient (Wildman–Crippen LogP) is 1.78. The van der Waals surface area contributed by atoms with Gasteiger partial charge in [-0.15, -0.1) is 0 Å². The molecule has 2 aromatic rings. The third-order valence-electron chi connectivity index (χ3n) is 3.40. The molecule has 3 rings (SSSR count). The van der Waals surface area contributed by atoms with E-state index >= 15 is 0 Å². The van der Waals surface area contributed by atoms with Gasteiger partial charge in [-0.2, -0.15) is 5.10 Å². The van der Waals surface area contributed by atoms with Crippen LogP contribution >= 0.6 is 0 Å². The van der Waals surface area contributed by atoms with Gasteiger partial charge in [0.15, 0.2) is 5.82 Å². The number of hydrogen-bond donors (Lipinski definition) is 1. The van der Waals surface area contributed by atoms with Crippen LogP contribution in [0.5, 0.6) is 5.75 Å². The first-order valence-electron chi connectivity index (χ1n) is 7.18. The Morgan fingerprint density at radius 3 is 3.15 bits per heavy atom. The molecule has 0 bridgehead atoms. The van der Waals surface area contributed by atoms with Crippen LogP contribution in [-0.4, -0.2) is 27.4 Å². The maximum Gasteiger partial charge on any atom is 0.164 e. The van der Waals surface area contributed by atoms with Crippen LogP contribution in [0.4, 0.5) is 0 Å². The number of ether oxygens (including phenoxy) is 1. The Morgan fingerprint density at radius 2 is 2.30 bits per heavy atom. The standard InChI is InChI=1S/C15H20N4O/c1-2-7-16-9-15-17-11-19(18-15)10-13-8-12-5-3-4-6-14(12)20-13/h3-6,11,13,16H,2,7-10H2,1H3. The summed E-state index contributed by atoms with van der Waals surface area (Å²) in [5, 5.41) is 7.77. The highest BCUT2D eigenvalue weighted by Crippen LogP contribution is 2.28. The Morgan fingerprint density at radius 1 is 1.40 bits per heavy atom. The molecule has 0 fully saturated rings. The van der Waals surface area contributed by atoms with Crippen LogP contribution in [0.2, 0.25) is 0 Å². The van der Waals surface area contributed by atoms with Crippen molar-refractivity contribution in [3.05, 3.63) is 42.0 Å². The largest absolute Gasteiger partial charge is 0.488 e. The van der Waals surface area contributed by atoms with Gasteiger partial charge in [0, 0.05) is 6.42 Å².